The average molecular weight is 401 g/mol. The lowest BCUT2D eigenvalue weighted by atomic mass is 10.1. The van der Waals surface area contributed by atoms with Crippen LogP contribution in [0.5, 0.6) is 0 Å². The Balaban J connectivity index is 1.77. The minimum absolute atomic E-state index is 0.0375. The molecule has 27 heavy (non-hydrogen) atoms. The number of pyridine rings is 1. The summed E-state index contributed by atoms with van der Waals surface area (Å²) in [6.45, 7) is 0. The molecular weight excluding hydrogens is 381 g/mol. The lowest BCUT2D eigenvalue weighted by molar-refractivity contribution is -0.137. The molecule has 2 aromatic rings. The van der Waals surface area contributed by atoms with Crippen molar-refractivity contribution in [3.05, 3.63) is 29.2 Å². The van der Waals surface area contributed by atoms with Crippen LogP contribution in [0.2, 0.25) is 5.02 Å². The van der Waals surface area contributed by atoms with E-state index < -0.39 is 11.7 Å². The van der Waals surface area contributed by atoms with E-state index in [-0.39, 0.29) is 28.4 Å². The molecule has 0 unspecified atom stereocenters. The third kappa shape index (κ3) is 4.91. The monoisotopic (exact) mass is 400 g/mol. The number of hydrogen-bond donors (Lipinski definition) is 3. The first-order valence-corrected chi connectivity index (χ1v) is 9.09. The van der Waals surface area contributed by atoms with Gasteiger partial charge in [-0.25, -0.2) is 15.0 Å². The maximum absolute atomic E-state index is 12.7. The molecule has 1 aliphatic rings. The summed E-state index contributed by atoms with van der Waals surface area (Å²) >= 11 is 5.93. The molecule has 0 spiro atoms. The SMILES string of the molecule is Nc1c(Nc2ncc(C(F)(F)F)cc2Cl)ncnc1NC1CCCCCC1. The van der Waals surface area contributed by atoms with Gasteiger partial charge in [-0.3, -0.25) is 0 Å². The Labute approximate surface area is 159 Å². The van der Waals surface area contributed by atoms with Crippen molar-refractivity contribution in [2.75, 3.05) is 16.4 Å². The molecule has 3 rings (SSSR count). The molecule has 1 saturated carbocycles. The summed E-state index contributed by atoms with van der Waals surface area (Å²) in [5, 5.41) is 5.94. The number of nitrogens with two attached hydrogens (primary N) is 1. The summed E-state index contributed by atoms with van der Waals surface area (Å²) in [6, 6.07) is 1.09. The van der Waals surface area contributed by atoms with Gasteiger partial charge in [-0.2, -0.15) is 13.2 Å². The molecule has 10 heteroatoms. The zero-order valence-corrected chi connectivity index (χ0v) is 15.2. The van der Waals surface area contributed by atoms with Crippen LogP contribution in [0.3, 0.4) is 0 Å². The van der Waals surface area contributed by atoms with Crippen molar-refractivity contribution in [1.82, 2.24) is 15.0 Å². The highest BCUT2D eigenvalue weighted by atomic mass is 35.5. The summed E-state index contributed by atoms with van der Waals surface area (Å²) in [4.78, 5) is 12.0. The first kappa shape index (κ1) is 19.5. The number of nitrogens with zero attached hydrogens (tertiary/aromatic N) is 3. The predicted molar refractivity (Wildman–Crippen MR) is 99.1 cm³/mol. The number of aromatic nitrogens is 3. The molecular formula is C17H20ClF3N6. The van der Waals surface area contributed by atoms with Gasteiger partial charge in [-0.1, -0.05) is 37.3 Å². The Morgan fingerprint density at radius 1 is 1.00 bits per heavy atom. The second-order valence-electron chi connectivity index (χ2n) is 6.49. The molecule has 1 aliphatic carbocycles. The lowest BCUT2D eigenvalue weighted by Gasteiger charge is -2.19. The standard InChI is InChI=1S/C17H20ClF3N6/c18-12-7-10(17(19,20)21)8-23-14(12)27-16-13(22)15(24-9-25-16)26-11-5-3-1-2-4-6-11/h7-9,11H,1-6,22H2,(H2,23,24,25,26,27). The van der Waals surface area contributed by atoms with Crippen LogP contribution in [0.1, 0.15) is 44.1 Å². The van der Waals surface area contributed by atoms with E-state index in [1.54, 1.807) is 0 Å². The molecule has 2 aromatic heterocycles. The minimum Gasteiger partial charge on any atom is -0.393 e. The molecule has 0 atom stereocenters. The van der Waals surface area contributed by atoms with E-state index in [1.807, 2.05) is 0 Å². The van der Waals surface area contributed by atoms with Gasteiger partial charge in [-0.05, 0) is 18.9 Å². The number of hydrogen-bond acceptors (Lipinski definition) is 6. The Bertz CT molecular complexity index is 791. The largest absolute Gasteiger partial charge is 0.417 e. The van der Waals surface area contributed by atoms with Crippen molar-refractivity contribution in [3.63, 3.8) is 0 Å². The van der Waals surface area contributed by atoms with Crippen molar-refractivity contribution in [3.8, 4) is 0 Å². The third-order valence-corrected chi connectivity index (χ3v) is 4.77. The zero-order chi connectivity index (χ0) is 19.4. The summed E-state index contributed by atoms with van der Waals surface area (Å²) in [5.74, 6) is 0.758. The number of nitrogen functional groups attached to an aromatic ring is 1. The number of alkyl halides is 3. The van der Waals surface area contributed by atoms with Crippen molar-refractivity contribution >= 4 is 34.7 Å². The summed E-state index contributed by atoms with van der Waals surface area (Å²) < 4.78 is 38.2. The van der Waals surface area contributed by atoms with Crippen LogP contribution < -0.4 is 16.4 Å². The van der Waals surface area contributed by atoms with Crippen molar-refractivity contribution in [2.24, 2.45) is 0 Å². The van der Waals surface area contributed by atoms with Gasteiger partial charge in [-0.15, -0.1) is 0 Å². The summed E-state index contributed by atoms with van der Waals surface area (Å²) in [7, 11) is 0. The molecule has 1 fully saturated rings. The van der Waals surface area contributed by atoms with Crippen LogP contribution >= 0.6 is 11.6 Å². The quantitative estimate of drug-likeness (QED) is 0.625. The first-order valence-electron chi connectivity index (χ1n) is 8.71. The van der Waals surface area contributed by atoms with Crippen molar-refractivity contribution < 1.29 is 13.2 Å². The number of rotatable bonds is 4. The van der Waals surface area contributed by atoms with Gasteiger partial charge in [0.1, 0.15) is 17.8 Å². The molecule has 146 valence electrons. The maximum Gasteiger partial charge on any atom is 0.417 e. The first-order chi connectivity index (χ1) is 12.8. The topological polar surface area (TPSA) is 88.8 Å². The Hall–Kier alpha value is -2.29. The van der Waals surface area contributed by atoms with Gasteiger partial charge < -0.3 is 16.4 Å². The molecule has 0 aromatic carbocycles. The number of anilines is 4. The van der Waals surface area contributed by atoms with E-state index in [0.29, 0.717) is 12.0 Å². The third-order valence-electron chi connectivity index (χ3n) is 4.49. The molecule has 0 saturated heterocycles. The number of halogens is 4. The molecule has 2 heterocycles. The molecule has 0 bridgehead atoms. The van der Waals surface area contributed by atoms with E-state index in [1.165, 1.54) is 19.2 Å². The van der Waals surface area contributed by atoms with Crippen LogP contribution in [0.4, 0.5) is 36.3 Å². The normalized spacial score (nSPS) is 16.0. The second-order valence-corrected chi connectivity index (χ2v) is 6.90. The van der Waals surface area contributed by atoms with Crippen LogP contribution in [-0.4, -0.2) is 21.0 Å². The van der Waals surface area contributed by atoms with Crippen molar-refractivity contribution in [2.45, 2.75) is 50.7 Å². The Kier molecular flexibility index (Phi) is 5.88. The molecule has 0 aliphatic heterocycles. The number of nitrogens with one attached hydrogen (secondary N) is 2. The van der Waals surface area contributed by atoms with Gasteiger partial charge in [0.25, 0.3) is 0 Å². The van der Waals surface area contributed by atoms with Crippen LogP contribution in [0.15, 0.2) is 18.6 Å². The van der Waals surface area contributed by atoms with E-state index in [9.17, 15) is 13.2 Å². The lowest BCUT2D eigenvalue weighted by Crippen LogP contribution is -2.20. The van der Waals surface area contributed by atoms with Gasteiger partial charge in [0, 0.05) is 12.2 Å². The minimum atomic E-state index is -4.51. The van der Waals surface area contributed by atoms with Gasteiger partial charge in [0.2, 0.25) is 0 Å². The van der Waals surface area contributed by atoms with E-state index in [0.717, 1.165) is 31.7 Å². The Morgan fingerprint density at radius 3 is 2.30 bits per heavy atom. The van der Waals surface area contributed by atoms with Crippen LogP contribution in [0.25, 0.3) is 0 Å². The van der Waals surface area contributed by atoms with Gasteiger partial charge >= 0.3 is 6.18 Å². The van der Waals surface area contributed by atoms with E-state index >= 15 is 0 Å². The van der Waals surface area contributed by atoms with E-state index in [2.05, 4.69) is 25.6 Å². The average Bonchev–Trinajstić information content (AvgIpc) is 2.88. The van der Waals surface area contributed by atoms with E-state index in [4.69, 9.17) is 17.3 Å². The van der Waals surface area contributed by atoms with Gasteiger partial charge in [0.15, 0.2) is 11.6 Å². The molecule has 4 N–H and O–H groups in total. The molecule has 6 nitrogen and oxygen atoms in total. The fourth-order valence-corrected chi connectivity index (χ4v) is 3.24. The highest BCUT2D eigenvalue weighted by Crippen LogP contribution is 2.34. The second kappa shape index (κ2) is 8.16. The maximum atomic E-state index is 12.7. The molecule has 0 amide bonds. The van der Waals surface area contributed by atoms with Crippen molar-refractivity contribution in [1.29, 1.82) is 0 Å². The van der Waals surface area contributed by atoms with Gasteiger partial charge in [0.05, 0.1) is 10.6 Å². The summed E-state index contributed by atoms with van der Waals surface area (Å²) in [5.41, 5.74) is 5.47. The smallest absolute Gasteiger partial charge is 0.393 e. The zero-order valence-electron chi connectivity index (χ0n) is 14.5. The molecule has 0 radical (unpaired) electrons. The predicted octanol–water partition coefficient (Wildman–Crippen LogP) is 5.00. The highest BCUT2D eigenvalue weighted by Gasteiger charge is 2.31. The van der Waals surface area contributed by atoms with Crippen LogP contribution in [-0.2, 0) is 6.18 Å². The fraction of sp³-hybridized carbons (Fsp3) is 0.471. The summed E-state index contributed by atoms with van der Waals surface area (Å²) in [6.07, 6.45) is 4.35. The fourth-order valence-electron chi connectivity index (χ4n) is 3.02. The van der Waals surface area contributed by atoms with Crippen LogP contribution in [0, 0.1) is 0 Å². The highest BCUT2D eigenvalue weighted by molar-refractivity contribution is 6.33. The Morgan fingerprint density at radius 2 is 1.67 bits per heavy atom.